The van der Waals surface area contributed by atoms with Crippen LogP contribution >= 0.6 is 0 Å². The number of nitrogens with zero attached hydrogens (tertiary/aromatic N) is 1. The summed E-state index contributed by atoms with van der Waals surface area (Å²) in [6, 6.07) is 8.55. The first-order valence-electron chi connectivity index (χ1n) is 9.85. The Balaban J connectivity index is 2.03. The molecule has 0 amide bonds. The molecule has 1 aromatic carbocycles. The van der Waals surface area contributed by atoms with E-state index in [1.165, 1.54) is 5.56 Å². The van der Waals surface area contributed by atoms with Crippen LogP contribution in [0.25, 0.3) is 0 Å². The number of aliphatic imine (C=N–C) groups is 1. The summed E-state index contributed by atoms with van der Waals surface area (Å²) in [6.45, 7) is 10.6. The van der Waals surface area contributed by atoms with Gasteiger partial charge >= 0.3 is 0 Å². The second-order valence-electron chi connectivity index (χ2n) is 7.39. The zero-order chi connectivity index (χ0) is 18.8. The maximum atomic E-state index is 5.63. The molecule has 0 aliphatic carbocycles. The second-order valence-corrected chi connectivity index (χ2v) is 7.39. The minimum atomic E-state index is 0.0681. The molecule has 0 unspecified atom stereocenters. The van der Waals surface area contributed by atoms with Crippen LogP contribution in [0.1, 0.15) is 45.6 Å². The van der Waals surface area contributed by atoms with Crippen LogP contribution in [0.5, 0.6) is 5.75 Å². The molecule has 26 heavy (non-hydrogen) atoms. The summed E-state index contributed by atoms with van der Waals surface area (Å²) in [4.78, 5) is 4.38. The molecule has 0 spiro atoms. The summed E-state index contributed by atoms with van der Waals surface area (Å²) in [5.74, 6) is 2.49. The van der Waals surface area contributed by atoms with Crippen molar-refractivity contribution >= 4 is 5.96 Å². The fourth-order valence-electron chi connectivity index (χ4n) is 3.35. The maximum absolute atomic E-state index is 5.63. The predicted molar refractivity (Wildman–Crippen MR) is 108 cm³/mol. The molecule has 1 aliphatic rings. The van der Waals surface area contributed by atoms with Gasteiger partial charge in [-0.2, -0.15) is 0 Å². The molecule has 0 saturated carbocycles. The van der Waals surface area contributed by atoms with Gasteiger partial charge in [0, 0.05) is 38.8 Å². The van der Waals surface area contributed by atoms with Crippen molar-refractivity contribution in [3.05, 3.63) is 29.8 Å². The molecule has 0 bridgehead atoms. The summed E-state index contributed by atoms with van der Waals surface area (Å²) >= 11 is 0. The van der Waals surface area contributed by atoms with Crippen molar-refractivity contribution in [2.24, 2.45) is 10.9 Å². The van der Waals surface area contributed by atoms with Crippen LogP contribution in [0.4, 0.5) is 0 Å². The maximum Gasteiger partial charge on any atom is 0.191 e. The van der Waals surface area contributed by atoms with Crippen LogP contribution in [-0.4, -0.2) is 45.9 Å². The molecule has 146 valence electrons. The van der Waals surface area contributed by atoms with Crippen molar-refractivity contribution < 1.29 is 9.47 Å². The lowest BCUT2D eigenvalue weighted by atomic mass is 9.74. The van der Waals surface area contributed by atoms with Crippen LogP contribution in [0.2, 0.25) is 0 Å². The van der Waals surface area contributed by atoms with E-state index in [4.69, 9.17) is 9.47 Å². The zero-order valence-electron chi connectivity index (χ0n) is 16.8. The number of guanidine groups is 1. The summed E-state index contributed by atoms with van der Waals surface area (Å²) in [6.07, 6.45) is 3.16. The minimum Gasteiger partial charge on any atom is -0.494 e. The van der Waals surface area contributed by atoms with Crippen molar-refractivity contribution in [1.29, 1.82) is 0 Å². The van der Waals surface area contributed by atoms with Crippen LogP contribution < -0.4 is 15.4 Å². The highest BCUT2D eigenvalue weighted by atomic mass is 16.5. The van der Waals surface area contributed by atoms with Gasteiger partial charge in [0.25, 0.3) is 0 Å². The molecule has 0 radical (unpaired) electrons. The Morgan fingerprint density at radius 3 is 2.46 bits per heavy atom. The molecule has 1 fully saturated rings. The van der Waals surface area contributed by atoms with E-state index in [1.54, 1.807) is 0 Å². The fraction of sp³-hybridized carbons (Fsp3) is 0.667. The van der Waals surface area contributed by atoms with E-state index in [-0.39, 0.29) is 5.41 Å². The number of nitrogens with one attached hydrogen (secondary N) is 2. The van der Waals surface area contributed by atoms with E-state index < -0.39 is 0 Å². The predicted octanol–water partition coefficient (Wildman–Crippen LogP) is 3.34. The van der Waals surface area contributed by atoms with Crippen molar-refractivity contribution in [3.8, 4) is 5.75 Å². The normalized spacial score (nSPS) is 17.2. The molecule has 0 aromatic heterocycles. The van der Waals surface area contributed by atoms with Gasteiger partial charge in [-0.25, -0.2) is 0 Å². The lowest BCUT2D eigenvalue weighted by molar-refractivity contribution is 0.0513. The SMILES string of the molecule is CCOc1ccc(C2(CNC(=NC)NCCC(C)C)CCOCC2)cc1. The van der Waals surface area contributed by atoms with Gasteiger partial charge in [0.2, 0.25) is 0 Å². The van der Waals surface area contributed by atoms with Crippen molar-refractivity contribution in [3.63, 3.8) is 0 Å². The van der Waals surface area contributed by atoms with Crippen LogP contribution in [0, 0.1) is 5.92 Å². The van der Waals surface area contributed by atoms with E-state index in [1.807, 2.05) is 14.0 Å². The molecule has 5 heteroatoms. The molecule has 2 rings (SSSR count). The molecule has 5 nitrogen and oxygen atoms in total. The second kappa shape index (κ2) is 10.4. The molecule has 1 aliphatic heterocycles. The monoisotopic (exact) mass is 361 g/mol. The highest BCUT2D eigenvalue weighted by molar-refractivity contribution is 5.79. The Hall–Kier alpha value is -1.75. The first-order chi connectivity index (χ1) is 12.6. The third-order valence-corrected chi connectivity index (χ3v) is 5.06. The Labute approximate surface area is 158 Å². The molecular weight excluding hydrogens is 326 g/mol. The molecule has 2 N–H and O–H groups in total. The Kier molecular flexibility index (Phi) is 8.23. The topological polar surface area (TPSA) is 54.9 Å². The highest BCUT2D eigenvalue weighted by Gasteiger charge is 2.34. The van der Waals surface area contributed by atoms with Gasteiger partial charge in [0.15, 0.2) is 5.96 Å². The minimum absolute atomic E-state index is 0.0681. The zero-order valence-corrected chi connectivity index (χ0v) is 16.8. The molecule has 1 saturated heterocycles. The smallest absolute Gasteiger partial charge is 0.191 e. The summed E-state index contributed by atoms with van der Waals surface area (Å²) < 4.78 is 11.2. The Morgan fingerprint density at radius 2 is 1.88 bits per heavy atom. The molecule has 1 aromatic rings. The number of hydrogen-bond donors (Lipinski definition) is 2. The lowest BCUT2D eigenvalue weighted by Crippen LogP contribution is -2.48. The number of ether oxygens (including phenoxy) is 2. The van der Waals surface area contributed by atoms with Crippen molar-refractivity contribution in [2.75, 3.05) is 40.0 Å². The number of hydrogen-bond acceptors (Lipinski definition) is 3. The fourth-order valence-corrected chi connectivity index (χ4v) is 3.35. The van der Waals surface area contributed by atoms with Crippen LogP contribution in [0.15, 0.2) is 29.3 Å². The molecule has 1 heterocycles. The van der Waals surface area contributed by atoms with E-state index in [2.05, 4.69) is 53.7 Å². The molecular formula is C21H35N3O2. The summed E-state index contributed by atoms with van der Waals surface area (Å²) in [7, 11) is 1.83. The average molecular weight is 362 g/mol. The third-order valence-electron chi connectivity index (χ3n) is 5.06. The number of benzene rings is 1. The van der Waals surface area contributed by atoms with Gasteiger partial charge < -0.3 is 20.1 Å². The van der Waals surface area contributed by atoms with Crippen LogP contribution in [0.3, 0.4) is 0 Å². The third kappa shape index (κ3) is 5.90. The van der Waals surface area contributed by atoms with Gasteiger partial charge in [-0.15, -0.1) is 0 Å². The average Bonchev–Trinajstić information content (AvgIpc) is 2.66. The van der Waals surface area contributed by atoms with Gasteiger partial charge in [0.05, 0.1) is 6.61 Å². The van der Waals surface area contributed by atoms with Gasteiger partial charge in [-0.1, -0.05) is 26.0 Å². The van der Waals surface area contributed by atoms with E-state index in [9.17, 15) is 0 Å². The Bertz CT molecular complexity index is 549. The summed E-state index contributed by atoms with van der Waals surface area (Å²) in [5.41, 5.74) is 1.41. The standard InChI is InChI=1S/C21H35N3O2/c1-5-26-19-8-6-18(7-9-19)21(11-14-25-15-12-21)16-24-20(22-4)23-13-10-17(2)3/h6-9,17H,5,10-16H2,1-4H3,(H2,22,23,24). The number of rotatable bonds is 8. The Morgan fingerprint density at radius 1 is 1.19 bits per heavy atom. The van der Waals surface area contributed by atoms with Gasteiger partial charge in [-0.3, -0.25) is 4.99 Å². The highest BCUT2D eigenvalue weighted by Crippen LogP contribution is 2.35. The van der Waals surface area contributed by atoms with Gasteiger partial charge in [-0.05, 0) is 49.8 Å². The van der Waals surface area contributed by atoms with Crippen LogP contribution in [-0.2, 0) is 10.2 Å². The summed E-state index contributed by atoms with van der Waals surface area (Å²) in [5, 5.41) is 6.97. The van der Waals surface area contributed by atoms with Crippen molar-refractivity contribution in [2.45, 2.75) is 45.4 Å². The van der Waals surface area contributed by atoms with E-state index >= 15 is 0 Å². The quantitative estimate of drug-likeness (QED) is 0.551. The van der Waals surface area contributed by atoms with E-state index in [0.29, 0.717) is 12.5 Å². The first kappa shape index (κ1) is 20.6. The van der Waals surface area contributed by atoms with Gasteiger partial charge in [0.1, 0.15) is 5.75 Å². The largest absolute Gasteiger partial charge is 0.494 e. The lowest BCUT2D eigenvalue weighted by Gasteiger charge is -2.38. The van der Waals surface area contributed by atoms with E-state index in [0.717, 1.165) is 57.3 Å². The van der Waals surface area contributed by atoms with Crippen molar-refractivity contribution in [1.82, 2.24) is 10.6 Å². The first-order valence-corrected chi connectivity index (χ1v) is 9.85. The molecule has 0 atom stereocenters.